The summed E-state index contributed by atoms with van der Waals surface area (Å²) in [6.45, 7) is 6.76. The van der Waals surface area contributed by atoms with Crippen LogP contribution in [0.2, 0.25) is 0 Å². The summed E-state index contributed by atoms with van der Waals surface area (Å²) in [5.41, 5.74) is 1.06. The van der Waals surface area contributed by atoms with E-state index in [1.807, 2.05) is 18.2 Å². The zero-order valence-corrected chi connectivity index (χ0v) is 12.8. The molecule has 2 unspecified atom stereocenters. The molecule has 1 rings (SSSR count). The van der Waals surface area contributed by atoms with Crippen LogP contribution in [0.15, 0.2) is 18.2 Å². The van der Waals surface area contributed by atoms with Gasteiger partial charge < -0.3 is 14.8 Å². The van der Waals surface area contributed by atoms with E-state index in [-0.39, 0.29) is 0 Å². The standard InChI is InChI=1S/C16H27NO2/c1-6-12(3)8-13(7-2)17-14-9-15(18-4)11-16(10-14)19-5/h9-13,17H,6-8H2,1-5H3. The lowest BCUT2D eigenvalue weighted by Crippen LogP contribution is -2.21. The summed E-state index contributed by atoms with van der Waals surface area (Å²) in [4.78, 5) is 0. The molecule has 0 radical (unpaired) electrons. The Hall–Kier alpha value is -1.38. The number of hydrogen-bond donors (Lipinski definition) is 1. The van der Waals surface area contributed by atoms with Crippen molar-refractivity contribution in [3.8, 4) is 11.5 Å². The van der Waals surface area contributed by atoms with E-state index >= 15 is 0 Å². The second-order valence-electron chi connectivity index (χ2n) is 5.10. The first kappa shape index (κ1) is 15.7. The van der Waals surface area contributed by atoms with E-state index in [9.17, 15) is 0 Å². The molecule has 0 saturated carbocycles. The van der Waals surface area contributed by atoms with Gasteiger partial charge >= 0.3 is 0 Å². The normalized spacial score (nSPS) is 13.7. The van der Waals surface area contributed by atoms with Crippen molar-refractivity contribution in [1.29, 1.82) is 0 Å². The Morgan fingerprint density at radius 3 is 2.00 bits per heavy atom. The molecule has 0 bridgehead atoms. The third kappa shape index (κ3) is 5.01. The van der Waals surface area contributed by atoms with Gasteiger partial charge in [0.15, 0.2) is 0 Å². The van der Waals surface area contributed by atoms with Crippen LogP contribution in [0.25, 0.3) is 0 Å². The van der Waals surface area contributed by atoms with Crippen LogP contribution in [0.5, 0.6) is 11.5 Å². The van der Waals surface area contributed by atoms with Crippen LogP contribution in [0, 0.1) is 5.92 Å². The molecule has 0 aliphatic carbocycles. The van der Waals surface area contributed by atoms with Gasteiger partial charge in [-0.3, -0.25) is 0 Å². The van der Waals surface area contributed by atoms with Crippen molar-refractivity contribution in [3.63, 3.8) is 0 Å². The van der Waals surface area contributed by atoms with Gasteiger partial charge in [-0.1, -0.05) is 27.2 Å². The predicted octanol–water partition coefficient (Wildman–Crippen LogP) is 4.33. The van der Waals surface area contributed by atoms with E-state index in [0.717, 1.165) is 29.5 Å². The van der Waals surface area contributed by atoms with Crippen molar-refractivity contribution in [2.24, 2.45) is 5.92 Å². The second-order valence-corrected chi connectivity index (χ2v) is 5.10. The molecule has 1 aromatic carbocycles. The van der Waals surface area contributed by atoms with Crippen molar-refractivity contribution in [3.05, 3.63) is 18.2 Å². The largest absolute Gasteiger partial charge is 0.497 e. The highest BCUT2D eigenvalue weighted by atomic mass is 16.5. The summed E-state index contributed by atoms with van der Waals surface area (Å²) in [5.74, 6) is 2.38. The first-order chi connectivity index (χ1) is 9.12. The van der Waals surface area contributed by atoms with Crippen LogP contribution in [-0.4, -0.2) is 20.3 Å². The summed E-state index contributed by atoms with van der Waals surface area (Å²) in [6.07, 6.45) is 3.52. The fourth-order valence-corrected chi connectivity index (χ4v) is 2.11. The van der Waals surface area contributed by atoms with Gasteiger partial charge in [-0.25, -0.2) is 0 Å². The molecule has 0 spiro atoms. The van der Waals surface area contributed by atoms with Crippen LogP contribution >= 0.6 is 0 Å². The quantitative estimate of drug-likeness (QED) is 0.759. The highest BCUT2D eigenvalue weighted by Gasteiger charge is 2.11. The Bertz CT molecular complexity index is 357. The minimum absolute atomic E-state index is 0.492. The van der Waals surface area contributed by atoms with Crippen LogP contribution in [-0.2, 0) is 0 Å². The summed E-state index contributed by atoms with van der Waals surface area (Å²) >= 11 is 0. The first-order valence-electron chi connectivity index (χ1n) is 7.12. The Morgan fingerprint density at radius 1 is 1.00 bits per heavy atom. The molecule has 2 atom stereocenters. The number of rotatable bonds is 8. The van der Waals surface area contributed by atoms with Gasteiger partial charge in [0.25, 0.3) is 0 Å². The minimum atomic E-state index is 0.492. The fourth-order valence-electron chi connectivity index (χ4n) is 2.11. The Kier molecular flexibility index (Phi) is 6.54. The maximum Gasteiger partial charge on any atom is 0.124 e. The van der Waals surface area contributed by atoms with Crippen molar-refractivity contribution < 1.29 is 9.47 Å². The molecule has 0 aliphatic rings. The van der Waals surface area contributed by atoms with Crippen molar-refractivity contribution >= 4 is 5.69 Å². The Balaban J connectivity index is 2.78. The lowest BCUT2D eigenvalue weighted by atomic mass is 9.97. The van der Waals surface area contributed by atoms with E-state index in [0.29, 0.717) is 6.04 Å². The molecule has 3 heteroatoms. The smallest absolute Gasteiger partial charge is 0.124 e. The van der Waals surface area contributed by atoms with Gasteiger partial charge in [0.1, 0.15) is 11.5 Å². The van der Waals surface area contributed by atoms with Crippen LogP contribution in [0.3, 0.4) is 0 Å². The molecule has 3 nitrogen and oxygen atoms in total. The van der Waals surface area contributed by atoms with E-state index in [4.69, 9.17) is 9.47 Å². The summed E-state index contributed by atoms with van der Waals surface area (Å²) < 4.78 is 10.6. The van der Waals surface area contributed by atoms with E-state index in [1.165, 1.54) is 12.8 Å². The zero-order valence-electron chi connectivity index (χ0n) is 12.8. The number of anilines is 1. The molecular formula is C16H27NO2. The van der Waals surface area contributed by atoms with Crippen molar-refractivity contribution in [2.45, 2.75) is 46.1 Å². The maximum atomic E-state index is 5.29. The lowest BCUT2D eigenvalue weighted by Gasteiger charge is -2.22. The second kappa shape index (κ2) is 7.93. The predicted molar refractivity (Wildman–Crippen MR) is 81.3 cm³/mol. The number of ether oxygens (including phenoxy) is 2. The number of hydrogen-bond acceptors (Lipinski definition) is 3. The molecule has 19 heavy (non-hydrogen) atoms. The molecule has 0 amide bonds. The average Bonchev–Trinajstić information content (AvgIpc) is 2.45. The van der Waals surface area contributed by atoms with Gasteiger partial charge in [0.2, 0.25) is 0 Å². The third-order valence-corrected chi connectivity index (χ3v) is 3.60. The lowest BCUT2D eigenvalue weighted by molar-refractivity contribution is 0.394. The van der Waals surface area contributed by atoms with E-state index in [1.54, 1.807) is 14.2 Å². The topological polar surface area (TPSA) is 30.5 Å². The highest BCUT2D eigenvalue weighted by molar-refractivity contribution is 5.54. The summed E-state index contributed by atoms with van der Waals surface area (Å²) in [7, 11) is 3.35. The van der Waals surface area contributed by atoms with E-state index < -0.39 is 0 Å². The van der Waals surface area contributed by atoms with Gasteiger partial charge in [-0.15, -0.1) is 0 Å². The molecule has 0 saturated heterocycles. The Morgan fingerprint density at radius 2 is 1.58 bits per heavy atom. The zero-order chi connectivity index (χ0) is 14.3. The van der Waals surface area contributed by atoms with Crippen molar-refractivity contribution in [2.75, 3.05) is 19.5 Å². The van der Waals surface area contributed by atoms with Crippen LogP contribution in [0.1, 0.15) is 40.0 Å². The number of methoxy groups -OCH3 is 2. The van der Waals surface area contributed by atoms with Crippen molar-refractivity contribution in [1.82, 2.24) is 0 Å². The molecule has 1 aromatic rings. The van der Waals surface area contributed by atoms with E-state index in [2.05, 4.69) is 26.1 Å². The Labute approximate surface area is 117 Å². The SMILES string of the molecule is CCC(C)CC(CC)Nc1cc(OC)cc(OC)c1. The number of benzene rings is 1. The number of nitrogens with one attached hydrogen (secondary N) is 1. The molecule has 1 N–H and O–H groups in total. The molecule has 0 fully saturated rings. The molecular weight excluding hydrogens is 238 g/mol. The van der Waals surface area contributed by atoms with Crippen LogP contribution in [0.4, 0.5) is 5.69 Å². The highest BCUT2D eigenvalue weighted by Crippen LogP contribution is 2.27. The summed E-state index contributed by atoms with van der Waals surface area (Å²) in [5, 5.41) is 3.58. The molecule has 0 aliphatic heterocycles. The monoisotopic (exact) mass is 265 g/mol. The van der Waals surface area contributed by atoms with Crippen LogP contribution < -0.4 is 14.8 Å². The van der Waals surface area contributed by atoms with Gasteiger partial charge in [0.05, 0.1) is 14.2 Å². The summed E-state index contributed by atoms with van der Waals surface area (Å²) in [6, 6.07) is 6.41. The van der Waals surface area contributed by atoms with Gasteiger partial charge in [-0.05, 0) is 18.8 Å². The molecule has 0 heterocycles. The van der Waals surface area contributed by atoms with Gasteiger partial charge in [-0.2, -0.15) is 0 Å². The van der Waals surface area contributed by atoms with Gasteiger partial charge in [0, 0.05) is 29.9 Å². The molecule has 108 valence electrons. The average molecular weight is 265 g/mol. The third-order valence-electron chi connectivity index (χ3n) is 3.60. The first-order valence-corrected chi connectivity index (χ1v) is 7.12. The fraction of sp³-hybridized carbons (Fsp3) is 0.625. The minimum Gasteiger partial charge on any atom is -0.497 e. The maximum absolute atomic E-state index is 5.29. The molecule has 0 aromatic heterocycles.